The van der Waals surface area contributed by atoms with Crippen LogP contribution < -0.4 is 0 Å². The fraction of sp³-hybridized carbons (Fsp3) is 0.588. The van der Waals surface area contributed by atoms with E-state index >= 15 is 0 Å². The number of halogens is 1. The first-order valence-corrected chi connectivity index (χ1v) is 8.47. The summed E-state index contributed by atoms with van der Waals surface area (Å²) in [6, 6.07) is 6.93. The van der Waals surface area contributed by atoms with Crippen LogP contribution in [0.15, 0.2) is 24.3 Å². The van der Waals surface area contributed by atoms with Crippen molar-refractivity contribution in [3.63, 3.8) is 0 Å². The molecular weight excluding hydrogens is 309 g/mol. The number of aromatic nitrogens is 4. The summed E-state index contributed by atoms with van der Waals surface area (Å²) in [4.78, 5) is 2.23. The van der Waals surface area contributed by atoms with Gasteiger partial charge in [-0.05, 0) is 54.8 Å². The van der Waals surface area contributed by atoms with Crippen molar-refractivity contribution in [2.45, 2.75) is 51.9 Å². The Morgan fingerprint density at radius 2 is 2.25 bits per heavy atom. The lowest BCUT2D eigenvalue weighted by atomic mass is 10.1. The first kappa shape index (κ1) is 17.0. The maximum absolute atomic E-state index is 13.5. The molecule has 0 N–H and O–H groups in total. The molecule has 24 heavy (non-hydrogen) atoms. The molecule has 3 rings (SSSR count). The monoisotopic (exact) mass is 333 g/mol. The lowest BCUT2D eigenvalue weighted by Gasteiger charge is -2.25. The smallest absolute Gasteiger partial charge is 0.165 e. The fourth-order valence-electron chi connectivity index (χ4n) is 3.07. The third kappa shape index (κ3) is 4.36. The molecule has 1 fully saturated rings. The zero-order valence-electron chi connectivity index (χ0n) is 14.2. The Bertz CT molecular complexity index is 654. The molecule has 0 bridgehead atoms. The maximum atomic E-state index is 13.5. The second kappa shape index (κ2) is 7.81. The van der Waals surface area contributed by atoms with Crippen molar-refractivity contribution in [3.8, 4) is 0 Å². The van der Waals surface area contributed by atoms with Crippen LogP contribution in [0.2, 0.25) is 0 Å². The molecule has 0 aliphatic carbocycles. The average molecular weight is 333 g/mol. The summed E-state index contributed by atoms with van der Waals surface area (Å²) < 4.78 is 21.1. The minimum absolute atomic E-state index is 0.203. The van der Waals surface area contributed by atoms with E-state index in [1.165, 1.54) is 6.07 Å². The van der Waals surface area contributed by atoms with E-state index in [1.54, 1.807) is 12.1 Å². The van der Waals surface area contributed by atoms with E-state index in [1.807, 2.05) is 10.7 Å². The highest BCUT2D eigenvalue weighted by atomic mass is 19.1. The summed E-state index contributed by atoms with van der Waals surface area (Å²) in [6.45, 7) is 6.97. The number of hydrogen-bond acceptors (Lipinski definition) is 5. The van der Waals surface area contributed by atoms with E-state index in [-0.39, 0.29) is 18.0 Å². The summed E-state index contributed by atoms with van der Waals surface area (Å²) in [6.07, 6.45) is 2.39. The molecule has 0 radical (unpaired) electrons. The van der Waals surface area contributed by atoms with Gasteiger partial charge in [-0.2, -0.15) is 0 Å². The van der Waals surface area contributed by atoms with Gasteiger partial charge in [-0.1, -0.05) is 12.1 Å². The maximum Gasteiger partial charge on any atom is 0.165 e. The van der Waals surface area contributed by atoms with Crippen LogP contribution in [0.1, 0.15) is 44.1 Å². The predicted octanol–water partition coefficient (Wildman–Crippen LogP) is 2.57. The molecule has 1 aliphatic rings. The van der Waals surface area contributed by atoms with E-state index in [0.717, 1.165) is 37.4 Å². The van der Waals surface area contributed by atoms with Crippen molar-refractivity contribution in [1.82, 2.24) is 25.1 Å². The molecule has 7 heteroatoms. The van der Waals surface area contributed by atoms with Gasteiger partial charge < -0.3 is 4.74 Å². The van der Waals surface area contributed by atoms with Gasteiger partial charge in [-0.3, -0.25) is 4.90 Å². The molecule has 1 aromatic heterocycles. The van der Waals surface area contributed by atoms with Crippen LogP contribution in [0, 0.1) is 5.82 Å². The minimum Gasteiger partial charge on any atom is -0.377 e. The van der Waals surface area contributed by atoms with Crippen LogP contribution in [-0.4, -0.2) is 44.4 Å². The fourth-order valence-corrected chi connectivity index (χ4v) is 3.07. The normalized spacial score (nSPS) is 18.0. The molecule has 6 nitrogen and oxygen atoms in total. The number of nitrogens with zero attached hydrogens (tertiary/aromatic N) is 5. The van der Waals surface area contributed by atoms with Crippen molar-refractivity contribution in [1.29, 1.82) is 0 Å². The Morgan fingerprint density at radius 3 is 2.96 bits per heavy atom. The summed E-state index contributed by atoms with van der Waals surface area (Å²) in [5.74, 6) is 0.607. The second-order valence-corrected chi connectivity index (χ2v) is 6.57. The lowest BCUT2D eigenvalue weighted by Crippen LogP contribution is -2.32. The van der Waals surface area contributed by atoms with Gasteiger partial charge in [0.25, 0.3) is 0 Å². The molecule has 2 aromatic rings. The SMILES string of the molecule is CC(C)n1nnnc1CN(Cc1cccc(F)c1)C[C@@H]1CCCO1. The number of hydrogen-bond donors (Lipinski definition) is 0. The van der Waals surface area contributed by atoms with Crippen molar-refractivity contribution in [2.75, 3.05) is 13.2 Å². The number of tetrazole rings is 1. The lowest BCUT2D eigenvalue weighted by molar-refractivity contribution is 0.0663. The van der Waals surface area contributed by atoms with Gasteiger partial charge in [-0.25, -0.2) is 9.07 Å². The van der Waals surface area contributed by atoms with Gasteiger partial charge in [0.1, 0.15) is 5.82 Å². The summed E-state index contributed by atoms with van der Waals surface area (Å²) in [5.41, 5.74) is 0.941. The first-order valence-electron chi connectivity index (χ1n) is 8.47. The molecule has 0 spiro atoms. The van der Waals surface area contributed by atoms with Gasteiger partial charge in [0.05, 0.1) is 18.7 Å². The van der Waals surface area contributed by atoms with Gasteiger partial charge in [0.15, 0.2) is 5.82 Å². The third-order valence-electron chi connectivity index (χ3n) is 4.20. The molecule has 1 saturated heterocycles. The summed E-state index contributed by atoms with van der Waals surface area (Å²) >= 11 is 0. The van der Waals surface area contributed by atoms with Crippen LogP contribution in [-0.2, 0) is 17.8 Å². The van der Waals surface area contributed by atoms with E-state index < -0.39 is 0 Å². The zero-order valence-corrected chi connectivity index (χ0v) is 14.2. The highest BCUT2D eigenvalue weighted by molar-refractivity contribution is 5.16. The van der Waals surface area contributed by atoms with Crippen LogP contribution >= 0.6 is 0 Å². The van der Waals surface area contributed by atoms with Gasteiger partial charge >= 0.3 is 0 Å². The van der Waals surface area contributed by atoms with E-state index in [4.69, 9.17) is 4.74 Å². The Balaban J connectivity index is 1.74. The molecular formula is C17H24FN5O. The van der Waals surface area contributed by atoms with Crippen molar-refractivity contribution in [3.05, 3.63) is 41.5 Å². The number of benzene rings is 1. The topological polar surface area (TPSA) is 56.1 Å². The quantitative estimate of drug-likeness (QED) is 0.779. The van der Waals surface area contributed by atoms with Crippen molar-refractivity contribution < 1.29 is 9.13 Å². The Morgan fingerprint density at radius 1 is 1.38 bits per heavy atom. The van der Waals surface area contributed by atoms with Gasteiger partial charge in [0, 0.05) is 19.7 Å². The molecule has 0 saturated carbocycles. The van der Waals surface area contributed by atoms with Crippen molar-refractivity contribution in [2.24, 2.45) is 0 Å². The average Bonchev–Trinajstić information content (AvgIpc) is 3.19. The Hall–Kier alpha value is -1.86. The van der Waals surface area contributed by atoms with Gasteiger partial charge in [0.2, 0.25) is 0 Å². The molecule has 0 unspecified atom stereocenters. The van der Waals surface area contributed by atoms with Gasteiger partial charge in [-0.15, -0.1) is 5.10 Å². The number of ether oxygens (including phenoxy) is 1. The molecule has 1 atom stereocenters. The van der Waals surface area contributed by atoms with Crippen LogP contribution in [0.4, 0.5) is 4.39 Å². The minimum atomic E-state index is -0.211. The van der Waals surface area contributed by atoms with Crippen LogP contribution in [0.5, 0.6) is 0 Å². The van der Waals surface area contributed by atoms with E-state index in [2.05, 4.69) is 34.3 Å². The molecule has 0 amide bonds. The Labute approximate surface area is 141 Å². The first-order chi connectivity index (χ1) is 11.6. The largest absolute Gasteiger partial charge is 0.377 e. The standard InChI is InChI=1S/C17H24FN5O/c1-13(2)23-17(19-20-21-23)12-22(11-16-7-4-8-24-16)10-14-5-3-6-15(18)9-14/h3,5-6,9,13,16H,4,7-8,10-12H2,1-2H3/t16-/m0/s1. The van der Waals surface area contributed by atoms with Crippen LogP contribution in [0.25, 0.3) is 0 Å². The molecule has 2 heterocycles. The number of rotatable bonds is 7. The third-order valence-corrected chi connectivity index (χ3v) is 4.20. The highest BCUT2D eigenvalue weighted by Gasteiger charge is 2.22. The predicted molar refractivity (Wildman–Crippen MR) is 87.7 cm³/mol. The zero-order chi connectivity index (χ0) is 16.9. The molecule has 1 aliphatic heterocycles. The second-order valence-electron chi connectivity index (χ2n) is 6.57. The summed E-state index contributed by atoms with van der Waals surface area (Å²) in [5, 5.41) is 12.0. The molecule has 1 aromatic carbocycles. The molecule has 130 valence electrons. The van der Waals surface area contributed by atoms with Crippen LogP contribution in [0.3, 0.4) is 0 Å². The van der Waals surface area contributed by atoms with E-state index in [9.17, 15) is 4.39 Å². The van der Waals surface area contributed by atoms with Crippen molar-refractivity contribution >= 4 is 0 Å². The van der Waals surface area contributed by atoms with E-state index in [0.29, 0.717) is 13.1 Å². The Kier molecular flexibility index (Phi) is 5.52. The summed E-state index contributed by atoms with van der Waals surface area (Å²) in [7, 11) is 0. The highest BCUT2D eigenvalue weighted by Crippen LogP contribution is 2.17.